The molecule has 0 bridgehead atoms. The monoisotopic (exact) mass is 418 g/mol. The van der Waals surface area contributed by atoms with Crippen molar-refractivity contribution in [3.8, 4) is 0 Å². The van der Waals surface area contributed by atoms with Crippen LogP contribution in [0.3, 0.4) is 0 Å². The largest absolute Gasteiger partial charge is 0.350 e. The van der Waals surface area contributed by atoms with Crippen LogP contribution in [0.2, 0.25) is 0 Å². The van der Waals surface area contributed by atoms with Gasteiger partial charge in [0.05, 0.1) is 9.85 Å². The maximum absolute atomic E-state index is 11.4. The second-order valence-corrected chi connectivity index (χ2v) is 6.96. The predicted octanol–water partition coefficient (Wildman–Crippen LogP) is 2.55. The Labute approximate surface area is 171 Å². The van der Waals surface area contributed by atoms with Crippen molar-refractivity contribution in [2.45, 2.75) is 39.1 Å². The van der Waals surface area contributed by atoms with E-state index < -0.39 is 21.3 Å². The molecule has 3 rings (SSSR count). The SMILES string of the molecule is COC1(n2nc(C)c([N+](=O)[O-])c2C)C=CC(OC)(n2nc(C)c([N+](=O)[O-])c2C)C=C1. The zero-order chi connectivity index (χ0) is 22.4. The van der Waals surface area contributed by atoms with Gasteiger partial charge in [-0.3, -0.25) is 20.2 Å². The fourth-order valence-corrected chi connectivity index (χ4v) is 3.79. The van der Waals surface area contributed by atoms with Gasteiger partial charge in [0.25, 0.3) is 0 Å². The Balaban J connectivity index is 2.13. The highest BCUT2D eigenvalue weighted by Crippen LogP contribution is 2.38. The van der Waals surface area contributed by atoms with Crippen LogP contribution in [-0.4, -0.2) is 43.6 Å². The molecule has 0 fully saturated rings. The Kier molecular flexibility index (Phi) is 5.08. The van der Waals surface area contributed by atoms with Crippen LogP contribution in [0.15, 0.2) is 24.3 Å². The van der Waals surface area contributed by atoms with Gasteiger partial charge >= 0.3 is 11.4 Å². The van der Waals surface area contributed by atoms with E-state index in [1.165, 1.54) is 23.6 Å². The molecule has 1 aliphatic carbocycles. The summed E-state index contributed by atoms with van der Waals surface area (Å²) in [6, 6.07) is 0. The lowest BCUT2D eigenvalue weighted by Gasteiger charge is -2.36. The zero-order valence-corrected chi connectivity index (χ0v) is 17.4. The number of ether oxygens (including phenoxy) is 2. The summed E-state index contributed by atoms with van der Waals surface area (Å²) >= 11 is 0. The van der Waals surface area contributed by atoms with Crippen LogP contribution in [0.5, 0.6) is 0 Å². The molecule has 0 unspecified atom stereocenters. The molecule has 0 aliphatic heterocycles. The summed E-state index contributed by atoms with van der Waals surface area (Å²) in [5.41, 5.74) is -1.51. The van der Waals surface area contributed by atoms with Crippen LogP contribution >= 0.6 is 0 Å². The molecule has 0 N–H and O–H groups in total. The van der Waals surface area contributed by atoms with Crippen molar-refractivity contribution in [1.82, 2.24) is 19.6 Å². The lowest BCUT2D eigenvalue weighted by molar-refractivity contribution is -0.386. The average molecular weight is 418 g/mol. The molecule has 12 nitrogen and oxygen atoms in total. The molecule has 30 heavy (non-hydrogen) atoms. The van der Waals surface area contributed by atoms with Crippen LogP contribution < -0.4 is 0 Å². The molecule has 0 saturated carbocycles. The van der Waals surface area contributed by atoms with E-state index >= 15 is 0 Å². The van der Waals surface area contributed by atoms with E-state index in [4.69, 9.17) is 9.47 Å². The Bertz CT molecular complexity index is 997. The standard InChI is InChI=1S/C18H22N6O6/c1-11-15(23(25)26)13(3)21(19-11)17(29-5)7-9-18(30-6,10-8-17)22-14(4)16(24(27)28)12(2)20-22/h7-10H,1-6H3. The average Bonchev–Trinajstić information content (AvgIpc) is 3.17. The summed E-state index contributed by atoms with van der Waals surface area (Å²) in [7, 11) is 2.90. The van der Waals surface area contributed by atoms with E-state index in [1.54, 1.807) is 52.0 Å². The fraction of sp³-hybridized carbons (Fsp3) is 0.444. The Morgan fingerprint density at radius 2 is 1.07 bits per heavy atom. The van der Waals surface area contributed by atoms with Crippen LogP contribution in [-0.2, 0) is 20.9 Å². The topological polar surface area (TPSA) is 140 Å². The molecule has 0 aromatic carbocycles. The maximum Gasteiger partial charge on any atom is 0.312 e. The Morgan fingerprint density at radius 3 is 1.27 bits per heavy atom. The van der Waals surface area contributed by atoms with E-state index in [9.17, 15) is 20.2 Å². The third-order valence-electron chi connectivity index (χ3n) is 5.31. The van der Waals surface area contributed by atoms with Gasteiger partial charge in [0.15, 0.2) is 11.4 Å². The maximum atomic E-state index is 11.4. The van der Waals surface area contributed by atoms with E-state index in [0.29, 0.717) is 11.4 Å². The van der Waals surface area contributed by atoms with E-state index in [1.807, 2.05) is 0 Å². The minimum atomic E-state index is -1.24. The number of aromatic nitrogens is 4. The second-order valence-electron chi connectivity index (χ2n) is 6.96. The van der Waals surface area contributed by atoms with Gasteiger partial charge in [-0.15, -0.1) is 0 Å². The van der Waals surface area contributed by atoms with Crippen molar-refractivity contribution in [3.63, 3.8) is 0 Å². The summed E-state index contributed by atoms with van der Waals surface area (Å²) in [6.07, 6.45) is 6.51. The molecule has 0 radical (unpaired) electrons. The fourth-order valence-electron chi connectivity index (χ4n) is 3.79. The van der Waals surface area contributed by atoms with Crippen LogP contribution in [0.1, 0.15) is 22.8 Å². The number of nitrogens with zero attached hydrogens (tertiary/aromatic N) is 6. The number of nitro groups is 2. The van der Waals surface area contributed by atoms with Crippen molar-refractivity contribution >= 4 is 11.4 Å². The van der Waals surface area contributed by atoms with Crippen molar-refractivity contribution in [3.05, 3.63) is 67.3 Å². The first-order valence-electron chi connectivity index (χ1n) is 8.97. The minimum absolute atomic E-state index is 0.0917. The lowest BCUT2D eigenvalue weighted by atomic mass is 10.00. The first-order valence-corrected chi connectivity index (χ1v) is 8.97. The van der Waals surface area contributed by atoms with Crippen molar-refractivity contribution in [2.24, 2.45) is 0 Å². The molecule has 0 amide bonds. The Morgan fingerprint density at radius 1 is 0.767 bits per heavy atom. The quantitative estimate of drug-likeness (QED) is 0.396. The molecule has 2 aromatic rings. The minimum Gasteiger partial charge on any atom is -0.350 e. The van der Waals surface area contributed by atoms with Crippen molar-refractivity contribution in [1.29, 1.82) is 0 Å². The van der Waals surface area contributed by atoms with Gasteiger partial charge < -0.3 is 9.47 Å². The Hall–Kier alpha value is -3.38. The molecule has 1 aliphatic rings. The smallest absolute Gasteiger partial charge is 0.312 e. The predicted molar refractivity (Wildman–Crippen MR) is 105 cm³/mol. The summed E-state index contributed by atoms with van der Waals surface area (Å²) < 4.78 is 14.2. The van der Waals surface area contributed by atoms with Crippen LogP contribution in [0.25, 0.3) is 0 Å². The molecule has 0 atom stereocenters. The van der Waals surface area contributed by atoms with Gasteiger partial charge in [-0.2, -0.15) is 10.2 Å². The number of hydrogen-bond donors (Lipinski definition) is 0. The van der Waals surface area contributed by atoms with E-state index in [2.05, 4.69) is 10.2 Å². The third-order valence-corrected chi connectivity index (χ3v) is 5.31. The van der Waals surface area contributed by atoms with Crippen LogP contribution in [0.4, 0.5) is 11.4 Å². The van der Waals surface area contributed by atoms with Crippen molar-refractivity contribution < 1.29 is 19.3 Å². The number of methoxy groups -OCH3 is 2. The molecule has 2 aromatic heterocycles. The number of hydrogen-bond acceptors (Lipinski definition) is 8. The lowest BCUT2D eigenvalue weighted by Crippen LogP contribution is -2.41. The van der Waals surface area contributed by atoms with E-state index in [-0.39, 0.29) is 22.8 Å². The normalized spacial score (nSPS) is 23.1. The first-order chi connectivity index (χ1) is 14.0. The number of rotatable bonds is 6. The molecule has 2 heterocycles. The highest BCUT2D eigenvalue weighted by molar-refractivity contribution is 5.43. The third kappa shape index (κ3) is 2.92. The highest BCUT2D eigenvalue weighted by Gasteiger charge is 2.42. The summed E-state index contributed by atoms with van der Waals surface area (Å²) in [6.45, 7) is 6.28. The molecule has 0 spiro atoms. The molecular weight excluding hydrogens is 396 g/mol. The van der Waals surface area contributed by atoms with Gasteiger partial charge in [-0.25, -0.2) is 9.36 Å². The molecule has 0 saturated heterocycles. The first kappa shape index (κ1) is 21.3. The summed E-state index contributed by atoms with van der Waals surface area (Å²) in [5, 5.41) is 31.4. The second kappa shape index (κ2) is 7.15. The van der Waals surface area contributed by atoms with Gasteiger partial charge in [0, 0.05) is 14.2 Å². The highest BCUT2D eigenvalue weighted by atomic mass is 16.6. The molecule has 160 valence electrons. The zero-order valence-electron chi connectivity index (χ0n) is 17.4. The summed E-state index contributed by atoms with van der Waals surface area (Å²) in [4.78, 5) is 21.8. The molecule has 12 heteroatoms. The van der Waals surface area contributed by atoms with Gasteiger partial charge in [0.2, 0.25) is 0 Å². The molecular formula is C18H22N6O6. The van der Waals surface area contributed by atoms with Crippen LogP contribution in [0, 0.1) is 47.9 Å². The summed E-state index contributed by atoms with van der Waals surface area (Å²) in [5.74, 6) is 0. The van der Waals surface area contributed by atoms with E-state index in [0.717, 1.165) is 0 Å². The van der Waals surface area contributed by atoms with Gasteiger partial charge in [-0.1, -0.05) is 0 Å². The van der Waals surface area contributed by atoms with Gasteiger partial charge in [0.1, 0.15) is 22.8 Å². The van der Waals surface area contributed by atoms with Gasteiger partial charge in [-0.05, 0) is 52.0 Å². The van der Waals surface area contributed by atoms with Crippen molar-refractivity contribution in [2.75, 3.05) is 14.2 Å². The number of aryl methyl sites for hydroxylation is 2.